The number of hydrogen-bond acceptors (Lipinski definition) is 3. The summed E-state index contributed by atoms with van der Waals surface area (Å²) in [5.41, 5.74) is 0.768. The van der Waals surface area contributed by atoms with Crippen LogP contribution in [0.5, 0.6) is 0 Å². The Labute approximate surface area is 94.6 Å². The summed E-state index contributed by atoms with van der Waals surface area (Å²) in [6, 6.07) is 0. The predicted octanol–water partition coefficient (Wildman–Crippen LogP) is 0.390. The van der Waals surface area contributed by atoms with Crippen molar-refractivity contribution in [2.24, 2.45) is 13.0 Å². The van der Waals surface area contributed by atoms with E-state index in [1.54, 1.807) is 17.1 Å². The monoisotopic (exact) mass is 230 g/mol. The van der Waals surface area contributed by atoms with E-state index in [9.17, 15) is 4.79 Å². The molecule has 1 saturated heterocycles. The zero-order valence-corrected chi connectivity index (χ0v) is 9.38. The van der Waals surface area contributed by atoms with Crippen molar-refractivity contribution >= 4 is 24.0 Å². The SMILES string of the molecule is Cl.Cn1cc(NC(=O)[C@@H]2CCNC2)cn1. The fraction of sp³-hybridized carbons (Fsp3) is 0.556. The van der Waals surface area contributed by atoms with Crippen molar-refractivity contribution in [2.45, 2.75) is 6.42 Å². The van der Waals surface area contributed by atoms with Gasteiger partial charge in [-0.05, 0) is 13.0 Å². The molecule has 0 aliphatic carbocycles. The van der Waals surface area contributed by atoms with E-state index in [-0.39, 0.29) is 24.2 Å². The molecule has 1 aliphatic rings. The summed E-state index contributed by atoms with van der Waals surface area (Å²) in [5, 5.41) is 9.99. The van der Waals surface area contributed by atoms with Gasteiger partial charge >= 0.3 is 0 Å². The molecule has 15 heavy (non-hydrogen) atoms. The number of nitrogens with one attached hydrogen (secondary N) is 2. The highest BCUT2D eigenvalue weighted by molar-refractivity contribution is 5.92. The van der Waals surface area contributed by atoms with Gasteiger partial charge in [0.1, 0.15) is 0 Å². The molecule has 0 radical (unpaired) electrons. The zero-order chi connectivity index (χ0) is 9.97. The Morgan fingerprint density at radius 1 is 1.73 bits per heavy atom. The Hall–Kier alpha value is -1.07. The molecule has 2 rings (SSSR count). The van der Waals surface area contributed by atoms with E-state index in [4.69, 9.17) is 0 Å². The smallest absolute Gasteiger partial charge is 0.228 e. The first-order valence-corrected chi connectivity index (χ1v) is 4.76. The fourth-order valence-corrected chi connectivity index (χ4v) is 1.61. The molecule has 2 N–H and O–H groups in total. The van der Waals surface area contributed by atoms with Crippen LogP contribution >= 0.6 is 12.4 Å². The fourth-order valence-electron chi connectivity index (χ4n) is 1.61. The van der Waals surface area contributed by atoms with Gasteiger partial charge in [-0.1, -0.05) is 0 Å². The van der Waals surface area contributed by atoms with Crippen LogP contribution in [0.4, 0.5) is 5.69 Å². The Balaban J connectivity index is 0.00000112. The van der Waals surface area contributed by atoms with Crippen molar-refractivity contribution in [1.82, 2.24) is 15.1 Å². The quantitative estimate of drug-likeness (QED) is 0.773. The molecule has 0 saturated carbocycles. The number of aryl methyl sites for hydroxylation is 1. The molecule has 0 aromatic carbocycles. The van der Waals surface area contributed by atoms with Crippen molar-refractivity contribution in [2.75, 3.05) is 18.4 Å². The van der Waals surface area contributed by atoms with Gasteiger partial charge in [-0.3, -0.25) is 9.48 Å². The molecule has 1 atom stereocenters. The molecular formula is C9H15ClN4O. The normalized spacial score (nSPS) is 19.7. The van der Waals surface area contributed by atoms with Crippen LogP contribution in [0.25, 0.3) is 0 Å². The number of aromatic nitrogens is 2. The van der Waals surface area contributed by atoms with Gasteiger partial charge in [-0.25, -0.2) is 0 Å². The van der Waals surface area contributed by atoms with Gasteiger partial charge < -0.3 is 10.6 Å². The maximum Gasteiger partial charge on any atom is 0.228 e. The standard InChI is InChI=1S/C9H14N4O.ClH/c1-13-6-8(5-11-13)12-9(14)7-2-3-10-4-7;/h5-7,10H,2-4H2,1H3,(H,12,14);1H/t7-;/m1./s1. The average molecular weight is 231 g/mol. The van der Waals surface area contributed by atoms with Crippen LogP contribution in [0.3, 0.4) is 0 Å². The molecule has 1 amide bonds. The summed E-state index contributed by atoms with van der Waals surface area (Å²) in [7, 11) is 1.83. The lowest BCUT2D eigenvalue weighted by Gasteiger charge is -2.07. The number of amides is 1. The molecule has 1 aromatic rings. The van der Waals surface area contributed by atoms with Gasteiger partial charge in [0.25, 0.3) is 0 Å². The lowest BCUT2D eigenvalue weighted by Crippen LogP contribution is -2.24. The topological polar surface area (TPSA) is 59.0 Å². The molecule has 2 heterocycles. The first-order valence-electron chi connectivity index (χ1n) is 4.76. The van der Waals surface area contributed by atoms with Crippen LogP contribution < -0.4 is 10.6 Å². The summed E-state index contributed by atoms with van der Waals surface area (Å²) < 4.78 is 1.67. The van der Waals surface area contributed by atoms with Crippen LogP contribution in [0.1, 0.15) is 6.42 Å². The van der Waals surface area contributed by atoms with Crippen molar-refractivity contribution in [3.63, 3.8) is 0 Å². The molecule has 1 aromatic heterocycles. The van der Waals surface area contributed by atoms with Crippen LogP contribution in [-0.4, -0.2) is 28.8 Å². The largest absolute Gasteiger partial charge is 0.323 e. The number of hydrogen-bond donors (Lipinski definition) is 2. The number of rotatable bonds is 2. The van der Waals surface area contributed by atoms with E-state index < -0.39 is 0 Å². The lowest BCUT2D eigenvalue weighted by molar-refractivity contribution is -0.119. The third-order valence-electron chi connectivity index (χ3n) is 2.40. The number of nitrogens with zero attached hydrogens (tertiary/aromatic N) is 2. The minimum Gasteiger partial charge on any atom is -0.323 e. The second-order valence-corrected chi connectivity index (χ2v) is 3.58. The second-order valence-electron chi connectivity index (χ2n) is 3.58. The maximum absolute atomic E-state index is 11.6. The van der Waals surface area contributed by atoms with Gasteiger partial charge in [-0.2, -0.15) is 5.10 Å². The van der Waals surface area contributed by atoms with E-state index in [0.29, 0.717) is 0 Å². The Kier molecular flexibility index (Phi) is 4.11. The number of halogens is 1. The number of anilines is 1. The highest BCUT2D eigenvalue weighted by Gasteiger charge is 2.22. The van der Waals surface area contributed by atoms with Crippen molar-refractivity contribution in [1.29, 1.82) is 0 Å². The van der Waals surface area contributed by atoms with Gasteiger partial charge in [-0.15, -0.1) is 12.4 Å². The Morgan fingerprint density at radius 3 is 3.07 bits per heavy atom. The van der Waals surface area contributed by atoms with Gasteiger partial charge in [0, 0.05) is 19.8 Å². The summed E-state index contributed by atoms with van der Waals surface area (Å²) in [5.74, 6) is 0.193. The minimum atomic E-state index is 0. The lowest BCUT2D eigenvalue weighted by atomic mass is 10.1. The molecule has 0 spiro atoms. The molecule has 0 unspecified atom stereocenters. The van der Waals surface area contributed by atoms with Crippen molar-refractivity contribution in [3.05, 3.63) is 12.4 Å². The van der Waals surface area contributed by atoms with E-state index in [1.165, 1.54) is 0 Å². The van der Waals surface area contributed by atoms with Gasteiger partial charge in [0.05, 0.1) is 17.8 Å². The summed E-state index contributed by atoms with van der Waals surface area (Å²) in [4.78, 5) is 11.6. The van der Waals surface area contributed by atoms with E-state index >= 15 is 0 Å². The predicted molar refractivity (Wildman–Crippen MR) is 60.1 cm³/mol. The van der Waals surface area contributed by atoms with Gasteiger partial charge in [0.15, 0.2) is 0 Å². The van der Waals surface area contributed by atoms with Crippen molar-refractivity contribution in [3.8, 4) is 0 Å². The summed E-state index contributed by atoms with van der Waals surface area (Å²) >= 11 is 0. The molecule has 1 aliphatic heterocycles. The van der Waals surface area contributed by atoms with Crippen LogP contribution in [0.2, 0.25) is 0 Å². The highest BCUT2D eigenvalue weighted by Crippen LogP contribution is 2.11. The highest BCUT2D eigenvalue weighted by atomic mass is 35.5. The third-order valence-corrected chi connectivity index (χ3v) is 2.40. The van der Waals surface area contributed by atoms with Crippen LogP contribution in [0.15, 0.2) is 12.4 Å². The molecule has 84 valence electrons. The van der Waals surface area contributed by atoms with E-state index in [0.717, 1.165) is 25.2 Å². The molecular weight excluding hydrogens is 216 g/mol. The van der Waals surface area contributed by atoms with E-state index in [1.807, 2.05) is 7.05 Å². The summed E-state index contributed by atoms with van der Waals surface area (Å²) in [6.45, 7) is 1.72. The molecule has 5 nitrogen and oxygen atoms in total. The van der Waals surface area contributed by atoms with E-state index in [2.05, 4.69) is 15.7 Å². The number of carbonyl (C=O) groups is 1. The first kappa shape index (κ1) is 12.0. The second kappa shape index (κ2) is 5.14. The Morgan fingerprint density at radius 2 is 2.53 bits per heavy atom. The Bertz CT molecular complexity index is 333. The van der Waals surface area contributed by atoms with Crippen molar-refractivity contribution < 1.29 is 4.79 Å². The first-order chi connectivity index (χ1) is 6.75. The third kappa shape index (κ3) is 2.94. The molecule has 6 heteroatoms. The molecule has 0 bridgehead atoms. The van der Waals surface area contributed by atoms with Gasteiger partial charge in [0.2, 0.25) is 5.91 Å². The van der Waals surface area contributed by atoms with Crippen LogP contribution in [0, 0.1) is 5.92 Å². The number of carbonyl (C=O) groups excluding carboxylic acids is 1. The zero-order valence-electron chi connectivity index (χ0n) is 8.56. The minimum absolute atomic E-state index is 0. The van der Waals surface area contributed by atoms with Crippen LogP contribution in [-0.2, 0) is 11.8 Å². The average Bonchev–Trinajstić information content (AvgIpc) is 2.75. The maximum atomic E-state index is 11.6. The summed E-state index contributed by atoms with van der Waals surface area (Å²) in [6.07, 6.45) is 4.37. The molecule has 1 fully saturated rings.